The zero-order chi connectivity index (χ0) is 22.1. The summed E-state index contributed by atoms with van der Waals surface area (Å²) >= 11 is 5.11. The van der Waals surface area contributed by atoms with E-state index < -0.39 is 6.10 Å². The summed E-state index contributed by atoms with van der Waals surface area (Å²) in [4.78, 5) is 19.0. The van der Waals surface area contributed by atoms with Crippen molar-refractivity contribution in [2.75, 3.05) is 13.2 Å². The summed E-state index contributed by atoms with van der Waals surface area (Å²) in [6.07, 6.45) is 9.73. The molecule has 0 unspecified atom stereocenters. The molecule has 0 spiro atoms. The number of thiophene rings is 1. The molecule has 1 aromatic carbocycles. The predicted octanol–water partition coefficient (Wildman–Crippen LogP) is 4.76. The molecule has 32 heavy (non-hydrogen) atoms. The van der Waals surface area contributed by atoms with E-state index in [1.54, 1.807) is 0 Å². The third kappa shape index (κ3) is 4.47. The van der Waals surface area contributed by atoms with Crippen molar-refractivity contribution in [3.05, 3.63) is 32.8 Å². The van der Waals surface area contributed by atoms with E-state index in [2.05, 4.69) is 21.2 Å². The zero-order valence-electron chi connectivity index (χ0n) is 18.2. The minimum absolute atomic E-state index is 0.0585. The van der Waals surface area contributed by atoms with E-state index in [0.29, 0.717) is 23.7 Å². The highest BCUT2D eigenvalue weighted by Crippen LogP contribution is 2.41. The first-order valence-electron chi connectivity index (χ1n) is 11.8. The van der Waals surface area contributed by atoms with E-state index in [9.17, 15) is 9.90 Å². The summed E-state index contributed by atoms with van der Waals surface area (Å²) in [5.41, 5.74) is 0.0585. The van der Waals surface area contributed by atoms with E-state index in [1.165, 1.54) is 43.4 Å². The fourth-order valence-corrected chi connectivity index (χ4v) is 6.71. The van der Waals surface area contributed by atoms with Crippen molar-refractivity contribution in [3.63, 3.8) is 0 Å². The van der Waals surface area contributed by atoms with Crippen molar-refractivity contribution < 1.29 is 9.84 Å². The van der Waals surface area contributed by atoms with Crippen LogP contribution < -0.4 is 15.6 Å². The summed E-state index contributed by atoms with van der Waals surface area (Å²) in [7, 11) is 0. The number of nitrogens with zero attached hydrogens (tertiary/aromatic N) is 2. The normalized spacial score (nSPS) is 18.6. The van der Waals surface area contributed by atoms with Crippen LogP contribution in [-0.4, -0.2) is 40.0 Å². The predicted molar refractivity (Wildman–Crippen MR) is 133 cm³/mol. The number of hydrogen-bond acceptors (Lipinski definition) is 6. The Morgan fingerprint density at radius 2 is 2.03 bits per heavy atom. The van der Waals surface area contributed by atoms with Gasteiger partial charge in [-0.25, -0.2) is 4.98 Å². The molecule has 2 N–H and O–H groups in total. The smallest absolute Gasteiger partial charge is 0.262 e. The van der Waals surface area contributed by atoms with Crippen LogP contribution in [0.4, 0.5) is 0 Å². The van der Waals surface area contributed by atoms with Gasteiger partial charge in [0.25, 0.3) is 5.56 Å². The van der Waals surface area contributed by atoms with E-state index in [4.69, 9.17) is 9.72 Å². The maximum atomic E-state index is 13.3. The number of fused-ring (bicyclic) bond motifs is 4. The molecule has 1 aliphatic heterocycles. The van der Waals surface area contributed by atoms with Gasteiger partial charge in [-0.05, 0) is 47.7 Å². The number of aliphatic hydroxyl groups excluding tert-OH is 1. The second-order valence-electron chi connectivity index (χ2n) is 9.04. The molecule has 0 radical (unpaired) electrons. The molecule has 0 saturated heterocycles. The Hall–Kier alpha value is -1.48. The molecule has 1 saturated carbocycles. The number of ether oxygens (including phenoxy) is 1. The van der Waals surface area contributed by atoms with E-state index in [0.717, 1.165) is 57.4 Å². The van der Waals surface area contributed by atoms with Crippen molar-refractivity contribution in [2.45, 2.75) is 76.5 Å². The topological polar surface area (TPSA) is 76.4 Å². The summed E-state index contributed by atoms with van der Waals surface area (Å²) in [6.45, 7) is 1.48. The number of aromatic nitrogens is 2. The first-order valence-corrected chi connectivity index (χ1v) is 13.4. The average molecular weight is 520 g/mol. The molecule has 1 atom stereocenters. The third-order valence-electron chi connectivity index (χ3n) is 6.70. The van der Waals surface area contributed by atoms with Gasteiger partial charge in [0.05, 0.1) is 14.6 Å². The Labute approximate surface area is 200 Å². The highest BCUT2D eigenvalue weighted by atomic mass is 79.9. The molecular formula is C24H30BrN3O3S. The number of halogens is 1. The highest BCUT2D eigenvalue weighted by molar-refractivity contribution is 9.10. The van der Waals surface area contributed by atoms with Gasteiger partial charge in [-0.1, -0.05) is 31.7 Å². The van der Waals surface area contributed by atoms with Gasteiger partial charge in [0, 0.05) is 30.9 Å². The molecule has 8 heteroatoms. The van der Waals surface area contributed by atoms with Gasteiger partial charge in [0.2, 0.25) is 0 Å². The van der Waals surface area contributed by atoms with E-state index in [-0.39, 0.29) is 12.2 Å². The lowest BCUT2D eigenvalue weighted by atomic mass is 9.95. The van der Waals surface area contributed by atoms with Gasteiger partial charge in [-0.2, -0.15) is 0 Å². The molecule has 0 amide bonds. The lowest BCUT2D eigenvalue weighted by Crippen LogP contribution is -2.39. The molecule has 2 aliphatic rings. The van der Waals surface area contributed by atoms with Crippen LogP contribution in [0.2, 0.25) is 0 Å². The number of benzene rings is 1. The fraction of sp³-hybridized carbons (Fsp3) is 0.583. The number of rotatable bonds is 6. The minimum atomic E-state index is -0.590. The van der Waals surface area contributed by atoms with Crippen molar-refractivity contribution in [1.82, 2.24) is 14.9 Å². The molecule has 3 aromatic rings. The molecule has 1 fully saturated rings. The van der Waals surface area contributed by atoms with Crippen LogP contribution >= 0.6 is 27.3 Å². The van der Waals surface area contributed by atoms with Crippen molar-refractivity contribution >= 4 is 47.6 Å². The minimum Gasteiger partial charge on any atom is -0.488 e. The maximum Gasteiger partial charge on any atom is 0.262 e. The molecule has 1 aliphatic carbocycles. The summed E-state index contributed by atoms with van der Waals surface area (Å²) in [5.74, 6) is 1.58. The van der Waals surface area contributed by atoms with Gasteiger partial charge < -0.3 is 15.2 Å². The average Bonchev–Trinajstić information content (AvgIpc) is 3.00. The van der Waals surface area contributed by atoms with Crippen LogP contribution in [0.25, 0.3) is 20.3 Å². The van der Waals surface area contributed by atoms with Crippen LogP contribution in [0, 0.1) is 0 Å². The van der Waals surface area contributed by atoms with Gasteiger partial charge in [0.15, 0.2) is 5.75 Å². The Balaban J connectivity index is 1.40. The maximum absolute atomic E-state index is 13.3. The Morgan fingerprint density at radius 3 is 2.88 bits per heavy atom. The van der Waals surface area contributed by atoms with Crippen LogP contribution in [-0.2, 0) is 13.0 Å². The number of nitrogens with one attached hydrogen (secondary N) is 1. The van der Waals surface area contributed by atoms with Gasteiger partial charge in [-0.3, -0.25) is 9.36 Å². The SMILES string of the molecule is O=c1c2c(nc3n1CCCCC3)sc1c(OC[C@H](O)CNC3CCCCC3)c(Br)ccc12. The summed E-state index contributed by atoms with van der Waals surface area (Å²) < 4.78 is 9.70. The second-order valence-corrected chi connectivity index (χ2v) is 10.9. The molecule has 172 valence electrons. The second kappa shape index (κ2) is 9.79. The zero-order valence-corrected chi connectivity index (χ0v) is 20.6. The fourth-order valence-electron chi connectivity index (χ4n) is 4.95. The highest BCUT2D eigenvalue weighted by Gasteiger charge is 2.21. The summed E-state index contributed by atoms with van der Waals surface area (Å²) in [5, 5.41) is 15.5. The standard InChI is InChI=1S/C24H30BrN3O3S/c25-18-11-10-17-20-23(27-19-9-5-2-6-12-28(19)24(20)30)32-22(17)21(18)31-14-16(29)13-26-15-7-3-1-4-8-15/h10-11,15-16,26,29H,1-9,12-14H2/t16-/m1/s1. The number of hydrogen-bond donors (Lipinski definition) is 2. The quantitative estimate of drug-likeness (QED) is 0.490. The summed E-state index contributed by atoms with van der Waals surface area (Å²) in [6, 6.07) is 4.40. The molecule has 2 aromatic heterocycles. The molecule has 5 rings (SSSR count). The first-order chi connectivity index (χ1) is 15.6. The van der Waals surface area contributed by atoms with Gasteiger partial charge in [0.1, 0.15) is 23.4 Å². The Kier molecular flexibility index (Phi) is 6.83. The lowest BCUT2D eigenvalue weighted by molar-refractivity contribution is 0.102. The van der Waals surface area contributed by atoms with Crippen LogP contribution in [0.1, 0.15) is 57.2 Å². The molecule has 3 heterocycles. The van der Waals surface area contributed by atoms with Crippen molar-refractivity contribution in [1.29, 1.82) is 0 Å². The first kappa shape index (κ1) is 22.3. The van der Waals surface area contributed by atoms with Crippen LogP contribution in [0.3, 0.4) is 0 Å². The largest absolute Gasteiger partial charge is 0.488 e. The van der Waals surface area contributed by atoms with Gasteiger partial charge >= 0.3 is 0 Å². The molecular weight excluding hydrogens is 490 g/mol. The monoisotopic (exact) mass is 519 g/mol. The van der Waals surface area contributed by atoms with E-state index in [1.807, 2.05) is 16.7 Å². The third-order valence-corrected chi connectivity index (χ3v) is 8.42. The van der Waals surface area contributed by atoms with Gasteiger partial charge in [-0.15, -0.1) is 11.3 Å². The molecule has 6 nitrogen and oxygen atoms in total. The van der Waals surface area contributed by atoms with Crippen molar-refractivity contribution in [3.8, 4) is 5.75 Å². The number of aryl methyl sites for hydroxylation is 1. The van der Waals surface area contributed by atoms with Crippen LogP contribution in [0.5, 0.6) is 5.75 Å². The van der Waals surface area contributed by atoms with Crippen LogP contribution in [0.15, 0.2) is 21.4 Å². The van der Waals surface area contributed by atoms with E-state index >= 15 is 0 Å². The van der Waals surface area contributed by atoms with Crippen molar-refractivity contribution in [2.24, 2.45) is 0 Å². The lowest BCUT2D eigenvalue weighted by Gasteiger charge is -2.24. The Morgan fingerprint density at radius 1 is 1.22 bits per heavy atom. The Bertz CT molecular complexity index is 1170. The molecule has 0 bridgehead atoms. The number of aliphatic hydroxyl groups is 1.